The van der Waals surface area contributed by atoms with E-state index in [-0.39, 0.29) is 10.8 Å². The Morgan fingerprint density at radius 1 is 1.56 bits per heavy atom. The molecule has 1 N–H and O–H groups in total. The Bertz CT molecular complexity index is 477. The van der Waals surface area contributed by atoms with Crippen LogP contribution in [-0.4, -0.2) is 13.9 Å². The Labute approximate surface area is 119 Å². The molecule has 0 unspecified atom stereocenters. The van der Waals surface area contributed by atoms with Gasteiger partial charge in [0, 0.05) is 6.42 Å². The first-order chi connectivity index (χ1) is 8.34. The lowest BCUT2D eigenvalue weighted by molar-refractivity contribution is 0.597. The summed E-state index contributed by atoms with van der Waals surface area (Å²) >= 11 is 3.32. The Morgan fingerprint density at radius 2 is 2.22 bits per heavy atom. The van der Waals surface area contributed by atoms with Crippen molar-refractivity contribution >= 4 is 26.9 Å². The van der Waals surface area contributed by atoms with E-state index in [1.54, 1.807) is 0 Å². The van der Waals surface area contributed by atoms with Crippen LogP contribution in [-0.2, 0) is 11.0 Å². The zero-order valence-corrected chi connectivity index (χ0v) is 13.1. The molecule has 1 aromatic heterocycles. The van der Waals surface area contributed by atoms with Crippen LogP contribution in [0.2, 0.25) is 0 Å². The van der Waals surface area contributed by atoms with Gasteiger partial charge in [-0.25, -0.2) is 13.9 Å². The van der Waals surface area contributed by atoms with E-state index in [4.69, 9.17) is 6.42 Å². The molecule has 0 saturated carbocycles. The van der Waals surface area contributed by atoms with Gasteiger partial charge in [0.25, 0.3) is 0 Å². The van der Waals surface area contributed by atoms with Gasteiger partial charge in [-0.1, -0.05) is 6.07 Å². The molecule has 98 valence electrons. The fraction of sp³-hybridized carbons (Fsp3) is 0.462. The largest absolute Gasteiger partial charge is 0.244 e. The molecule has 0 fully saturated rings. The molecule has 0 spiro atoms. The van der Waals surface area contributed by atoms with Crippen molar-refractivity contribution in [3.8, 4) is 12.3 Å². The smallest absolute Gasteiger partial charge is 0.106 e. The number of halogens is 1. The quantitative estimate of drug-likeness (QED) is 0.682. The molecule has 0 aromatic carbocycles. The lowest BCUT2D eigenvalue weighted by Crippen LogP contribution is -2.36. The van der Waals surface area contributed by atoms with Crippen LogP contribution >= 0.6 is 15.9 Å². The normalized spacial score (nSPS) is 14.8. The maximum Gasteiger partial charge on any atom is 0.106 e. The van der Waals surface area contributed by atoms with Crippen LogP contribution < -0.4 is 4.72 Å². The first-order valence-corrected chi connectivity index (χ1v) is 7.53. The average Bonchev–Trinajstić information content (AvgIpc) is 2.27. The number of nitrogens with one attached hydrogen (secondary N) is 1. The van der Waals surface area contributed by atoms with Gasteiger partial charge >= 0.3 is 0 Å². The van der Waals surface area contributed by atoms with Crippen molar-refractivity contribution in [1.82, 2.24) is 9.71 Å². The Kier molecular flexibility index (Phi) is 5.51. The second-order valence-electron chi connectivity index (χ2n) is 4.84. The minimum absolute atomic E-state index is 0.201. The van der Waals surface area contributed by atoms with E-state index in [0.717, 1.165) is 10.3 Å². The zero-order valence-electron chi connectivity index (χ0n) is 10.7. The molecule has 1 rings (SSSR count). The number of hydrogen-bond acceptors (Lipinski definition) is 2. The average molecular weight is 329 g/mol. The van der Waals surface area contributed by atoms with E-state index < -0.39 is 11.0 Å². The second kappa shape index (κ2) is 6.46. The van der Waals surface area contributed by atoms with Crippen molar-refractivity contribution < 1.29 is 4.21 Å². The van der Waals surface area contributed by atoms with Crippen molar-refractivity contribution in [2.45, 2.75) is 38.0 Å². The standard InChI is InChI=1S/C13H17BrN2OS/c1-5-7-11(16-18(17)13(2,3)4)10-8-6-9-12(14)15-10/h1,6,8-9,11,16H,7H2,2-4H3/t11-,18+/m0/s1. The monoisotopic (exact) mass is 328 g/mol. The van der Waals surface area contributed by atoms with Gasteiger partial charge < -0.3 is 0 Å². The highest BCUT2D eigenvalue weighted by atomic mass is 79.9. The van der Waals surface area contributed by atoms with Crippen LogP contribution in [0.25, 0.3) is 0 Å². The minimum atomic E-state index is -1.18. The van der Waals surface area contributed by atoms with Crippen molar-refractivity contribution in [1.29, 1.82) is 0 Å². The highest BCUT2D eigenvalue weighted by Gasteiger charge is 2.23. The molecular weight excluding hydrogens is 312 g/mol. The summed E-state index contributed by atoms with van der Waals surface area (Å²) in [4.78, 5) is 4.35. The highest BCUT2D eigenvalue weighted by molar-refractivity contribution is 9.10. The van der Waals surface area contributed by atoms with Crippen LogP contribution in [0.5, 0.6) is 0 Å². The van der Waals surface area contributed by atoms with Crippen molar-refractivity contribution in [3.05, 3.63) is 28.5 Å². The Balaban J connectivity index is 2.91. The molecule has 0 amide bonds. The van der Waals surface area contributed by atoms with E-state index in [1.807, 2.05) is 39.0 Å². The summed E-state index contributed by atoms with van der Waals surface area (Å²) in [6.45, 7) is 5.74. The fourth-order valence-corrected chi connectivity index (χ4v) is 2.42. The van der Waals surface area contributed by atoms with Gasteiger partial charge in [-0.15, -0.1) is 12.3 Å². The molecule has 1 heterocycles. The van der Waals surface area contributed by atoms with Crippen molar-refractivity contribution in [3.63, 3.8) is 0 Å². The minimum Gasteiger partial charge on any atom is -0.244 e. The summed E-state index contributed by atoms with van der Waals surface area (Å²) in [5, 5.41) is 0. The van der Waals surface area contributed by atoms with Crippen molar-refractivity contribution in [2.24, 2.45) is 0 Å². The van der Waals surface area contributed by atoms with Gasteiger partial charge in [-0.2, -0.15) is 0 Å². The van der Waals surface area contributed by atoms with Crippen LogP contribution in [0.1, 0.15) is 38.9 Å². The lowest BCUT2D eigenvalue weighted by Gasteiger charge is -2.23. The second-order valence-corrected chi connectivity index (χ2v) is 7.66. The van der Waals surface area contributed by atoms with Gasteiger partial charge in [0.2, 0.25) is 0 Å². The van der Waals surface area contributed by atoms with Crippen molar-refractivity contribution in [2.75, 3.05) is 0 Å². The number of pyridine rings is 1. The number of aromatic nitrogens is 1. The lowest BCUT2D eigenvalue weighted by atomic mass is 10.1. The summed E-state index contributed by atoms with van der Waals surface area (Å²) in [6.07, 6.45) is 5.81. The number of nitrogens with zero attached hydrogens (tertiary/aromatic N) is 1. The molecule has 0 radical (unpaired) electrons. The van der Waals surface area contributed by atoms with Crippen LogP contribution in [0.4, 0.5) is 0 Å². The molecule has 1 aromatic rings. The molecule has 0 aliphatic rings. The van der Waals surface area contributed by atoms with Gasteiger partial charge in [0.1, 0.15) is 4.60 Å². The third kappa shape index (κ3) is 4.52. The molecule has 0 aliphatic heterocycles. The molecule has 0 aliphatic carbocycles. The third-order valence-electron chi connectivity index (χ3n) is 2.22. The van der Waals surface area contributed by atoms with Gasteiger partial charge in [-0.3, -0.25) is 0 Å². The SMILES string of the molecule is C#CC[C@H](N[S@](=O)C(C)(C)C)c1cccc(Br)n1. The summed E-state index contributed by atoms with van der Waals surface area (Å²) in [7, 11) is -1.18. The molecule has 3 nitrogen and oxygen atoms in total. The highest BCUT2D eigenvalue weighted by Crippen LogP contribution is 2.20. The summed E-state index contributed by atoms with van der Waals surface area (Å²) in [6, 6.07) is 5.40. The molecule has 0 bridgehead atoms. The molecule has 2 atom stereocenters. The first kappa shape index (κ1) is 15.4. The predicted molar refractivity (Wildman–Crippen MR) is 79.2 cm³/mol. The zero-order chi connectivity index (χ0) is 13.8. The molecule has 5 heteroatoms. The molecular formula is C13H17BrN2OS. The van der Waals surface area contributed by atoms with Crippen LogP contribution in [0.3, 0.4) is 0 Å². The number of terminal acetylenes is 1. The van der Waals surface area contributed by atoms with Gasteiger partial charge in [-0.05, 0) is 48.8 Å². The van der Waals surface area contributed by atoms with Gasteiger partial charge in [0.05, 0.1) is 27.5 Å². The fourth-order valence-electron chi connectivity index (χ4n) is 1.25. The van der Waals surface area contributed by atoms with E-state index in [9.17, 15) is 4.21 Å². The van der Waals surface area contributed by atoms with E-state index in [0.29, 0.717) is 6.42 Å². The first-order valence-electron chi connectivity index (χ1n) is 5.58. The van der Waals surface area contributed by atoms with Gasteiger partial charge in [0.15, 0.2) is 0 Å². The molecule has 0 saturated heterocycles. The third-order valence-corrected chi connectivity index (χ3v) is 4.27. The molecule has 18 heavy (non-hydrogen) atoms. The van der Waals surface area contributed by atoms with E-state index >= 15 is 0 Å². The van der Waals surface area contributed by atoms with Crippen LogP contribution in [0.15, 0.2) is 22.8 Å². The summed E-state index contributed by atoms with van der Waals surface area (Å²) in [5.41, 5.74) is 0.792. The predicted octanol–water partition coefficient (Wildman–Crippen LogP) is 2.96. The number of hydrogen-bond donors (Lipinski definition) is 1. The Hall–Kier alpha value is -0.700. The summed E-state index contributed by atoms with van der Waals surface area (Å²) < 4.78 is 15.6. The Morgan fingerprint density at radius 3 is 2.72 bits per heavy atom. The number of rotatable bonds is 4. The van der Waals surface area contributed by atoms with Crippen LogP contribution in [0, 0.1) is 12.3 Å². The topological polar surface area (TPSA) is 42.0 Å². The maximum absolute atomic E-state index is 12.1. The van der Waals surface area contributed by atoms with E-state index in [1.165, 1.54) is 0 Å². The summed E-state index contributed by atoms with van der Waals surface area (Å²) in [5.74, 6) is 2.59. The van der Waals surface area contributed by atoms with E-state index in [2.05, 4.69) is 31.6 Å². The maximum atomic E-state index is 12.1.